The van der Waals surface area contributed by atoms with Crippen LogP contribution in [0.15, 0.2) is 47.8 Å². The SMILES string of the molecule is COCCOc1cc(Nc2cc(NC(C)=O)ncc2-c2ccc(N3CCOCC3=O)cn2)nc(S(C)(=O)=O)c1. The molecule has 39 heavy (non-hydrogen) atoms. The molecule has 1 fully saturated rings. The van der Waals surface area contributed by atoms with Gasteiger partial charge in [0.05, 0.1) is 36.5 Å². The van der Waals surface area contributed by atoms with Gasteiger partial charge in [0, 0.05) is 56.8 Å². The quantitative estimate of drug-likeness (QED) is 0.351. The minimum absolute atomic E-state index is 0.0149. The van der Waals surface area contributed by atoms with E-state index in [1.807, 2.05) is 0 Å². The van der Waals surface area contributed by atoms with Gasteiger partial charge in [0.1, 0.15) is 30.6 Å². The molecule has 0 unspecified atom stereocenters. The first-order chi connectivity index (χ1) is 18.6. The van der Waals surface area contributed by atoms with Crippen molar-refractivity contribution in [1.82, 2.24) is 15.0 Å². The second kappa shape index (κ2) is 12.1. The lowest BCUT2D eigenvalue weighted by atomic mass is 10.1. The Morgan fingerprint density at radius 2 is 1.95 bits per heavy atom. The van der Waals surface area contributed by atoms with E-state index in [2.05, 4.69) is 25.6 Å². The molecule has 0 saturated carbocycles. The number of sulfone groups is 1. The Kier molecular flexibility index (Phi) is 8.69. The van der Waals surface area contributed by atoms with E-state index in [9.17, 15) is 18.0 Å². The minimum atomic E-state index is -3.66. The van der Waals surface area contributed by atoms with Gasteiger partial charge in [0.25, 0.3) is 5.91 Å². The van der Waals surface area contributed by atoms with E-state index in [4.69, 9.17) is 14.2 Å². The van der Waals surface area contributed by atoms with Crippen LogP contribution in [0.2, 0.25) is 0 Å². The summed E-state index contributed by atoms with van der Waals surface area (Å²) in [5.41, 5.74) is 2.12. The summed E-state index contributed by atoms with van der Waals surface area (Å²) < 4.78 is 40.4. The van der Waals surface area contributed by atoms with Crippen LogP contribution in [0.25, 0.3) is 11.3 Å². The molecular formula is C25H28N6O7S. The number of carbonyl (C=O) groups excluding carboxylic acids is 2. The first-order valence-electron chi connectivity index (χ1n) is 11.9. The second-order valence-electron chi connectivity index (χ2n) is 8.56. The molecule has 2 amide bonds. The van der Waals surface area contributed by atoms with Crippen molar-refractivity contribution in [3.63, 3.8) is 0 Å². The lowest BCUT2D eigenvalue weighted by Crippen LogP contribution is -2.41. The Morgan fingerprint density at radius 3 is 2.62 bits per heavy atom. The van der Waals surface area contributed by atoms with Crippen molar-refractivity contribution in [2.45, 2.75) is 11.9 Å². The number of carbonyl (C=O) groups is 2. The lowest BCUT2D eigenvalue weighted by molar-refractivity contribution is -0.125. The molecule has 0 bridgehead atoms. The predicted molar refractivity (Wildman–Crippen MR) is 143 cm³/mol. The van der Waals surface area contributed by atoms with Gasteiger partial charge in [-0.1, -0.05) is 0 Å². The molecular weight excluding hydrogens is 528 g/mol. The van der Waals surface area contributed by atoms with Gasteiger partial charge in [-0.25, -0.2) is 18.4 Å². The van der Waals surface area contributed by atoms with Gasteiger partial charge in [-0.2, -0.15) is 0 Å². The van der Waals surface area contributed by atoms with Gasteiger partial charge in [-0.05, 0) is 12.1 Å². The molecule has 3 aromatic heterocycles. The monoisotopic (exact) mass is 556 g/mol. The first kappa shape index (κ1) is 27.9. The van der Waals surface area contributed by atoms with E-state index in [0.717, 1.165) is 6.26 Å². The van der Waals surface area contributed by atoms with Gasteiger partial charge < -0.3 is 29.7 Å². The van der Waals surface area contributed by atoms with Crippen LogP contribution in [0, 0.1) is 0 Å². The fraction of sp³-hybridized carbons (Fsp3) is 0.320. The third-order valence-corrected chi connectivity index (χ3v) is 6.47. The standard InChI is InChI=1S/C25H28N6O7S/c1-16(32)28-22-12-21(29-23-10-18(38-9-8-36-2)11-24(30-23)39(3,34)35)19(14-27-22)20-5-4-17(13-26-20)31-6-7-37-15-25(31)33/h4-5,10-14H,6-9,15H2,1-3H3,(H2,27,28,29,30,32). The number of hydrogen-bond donors (Lipinski definition) is 2. The maximum absolute atomic E-state index is 12.3. The number of methoxy groups -OCH3 is 1. The second-order valence-corrected chi connectivity index (χ2v) is 10.5. The molecule has 0 aliphatic carbocycles. The predicted octanol–water partition coefficient (Wildman–Crippen LogP) is 2.03. The van der Waals surface area contributed by atoms with Gasteiger partial charge in [0.2, 0.25) is 5.91 Å². The van der Waals surface area contributed by atoms with Gasteiger partial charge >= 0.3 is 0 Å². The van der Waals surface area contributed by atoms with Crippen LogP contribution < -0.4 is 20.3 Å². The molecule has 3 aromatic rings. The fourth-order valence-corrected chi connectivity index (χ4v) is 4.30. The summed E-state index contributed by atoms with van der Waals surface area (Å²) in [6.07, 6.45) is 4.15. The van der Waals surface area contributed by atoms with Crippen molar-refractivity contribution >= 4 is 44.7 Å². The molecule has 0 atom stereocenters. The highest BCUT2D eigenvalue weighted by Crippen LogP contribution is 2.32. The Balaban J connectivity index is 1.71. The molecule has 1 aliphatic rings. The molecule has 4 heterocycles. The lowest BCUT2D eigenvalue weighted by Gasteiger charge is -2.26. The smallest absolute Gasteiger partial charge is 0.253 e. The van der Waals surface area contributed by atoms with Crippen molar-refractivity contribution in [3.05, 3.63) is 42.7 Å². The molecule has 0 spiro atoms. The first-order valence-corrected chi connectivity index (χ1v) is 13.8. The van der Waals surface area contributed by atoms with E-state index in [1.165, 1.54) is 26.3 Å². The molecule has 2 N–H and O–H groups in total. The van der Waals surface area contributed by atoms with E-state index < -0.39 is 9.84 Å². The maximum Gasteiger partial charge on any atom is 0.253 e. The molecule has 0 radical (unpaired) electrons. The number of nitrogens with one attached hydrogen (secondary N) is 2. The van der Waals surface area contributed by atoms with Crippen LogP contribution in [0.1, 0.15) is 6.92 Å². The molecule has 0 aromatic carbocycles. The zero-order chi connectivity index (χ0) is 28.0. The van der Waals surface area contributed by atoms with E-state index in [-0.39, 0.29) is 47.4 Å². The highest BCUT2D eigenvalue weighted by atomic mass is 32.2. The van der Waals surface area contributed by atoms with Crippen LogP contribution in [-0.2, 0) is 28.9 Å². The molecule has 1 aliphatic heterocycles. The highest BCUT2D eigenvalue weighted by Gasteiger charge is 2.21. The molecule has 4 rings (SSSR count). The van der Waals surface area contributed by atoms with Crippen molar-refractivity contribution in [1.29, 1.82) is 0 Å². The summed E-state index contributed by atoms with van der Waals surface area (Å²) in [5, 5.41) is 5.56. The maximum atomic E-state index is 12.3. The summed E-state index contributed by atoms with van der Waals surface area (Å²) in [6, 6.07) is 7.96. The fourth-order valence-electron chi connectivity index (χ4n) is 3.71. The topological polar surface area (TPSA) is 162 Å². The minimum Gasteiger partial charge on any atom is -0.491 e. The summed E-state index contributed by atoms with van der Waals surface area (Å²) in [7, 11) is -2.13. The van der Waals surface area contributed by atoms with Crippen molar-refractivity contribution in [2.75, 3.05) is 61.9 Å². The Labute approximate surface area is 225 Å². The highest BCUT2D eigenvalue weighted by molar-refractivity contribution is 7.90. The van der Waals surface area contributed by atoms with Gasteiger partial charge in [0.15, 0.2) is 14.9 Å². The van der Waals surface area contributed by atoms with Gasteiger partial charge in [-0.3, -0.25) is 14.6 Å². The number of aromatic nitrogens is 3. The largest absolute Gasteiger partial charge is 0.491 e. The number of nitrogens with zero attached hydrogens (tertiary/aromatic N) is 4. The zero-order valence-electron chi connectivity index (χ0n) is 21.6. The van der Waals surface area contributed by atoms with Crippen LogP contribution in [0.3, 0.4) is 0 Å². The third kappa shape index (κ3) is 7.25. The van der Waals surface area contributed by atoms with E-state index in [0.29, 0.717) is 42.4 Å². The van der Waals surface area contributed by atoms with Crippen molar-refractivity contribution < 1.29 is 32.2 Å². The number of amides is 2. The number of anilines is 4. The Morgan fingerprint density at radius 1 is 1.13 bits per heavy atom. The third-order valence-electron chi connectivity index (χ3n) is 5.50. The number of morpholine rings is 1. The zero-order valence-corrected chi connectivity index (χ0v) is 22.4. The van der Waals surface area contributed by atoms with Crippen LogP contribution in [0.5, 0.6) is 5.75 Å². The normalized spacial score (nSPS) is 13.7. The average molecular weight is 557 g/mol. The summed E-state index contributed by atoms with van der Waals surface area (Å²) in [5.74, 6) is 0.257. The number of hydrogen-bond acceptors (Lipinski definition) is 11. The number of rotatable bonds is 10. The van der Waals surface area contributed by atoms with Crippen molar-refractivity contribution in [3.8, 4) is 17.0 Å². The van der Waals surface area contributed by atoms with Crippen LogP contribution in [0.4, 0.5) is 23.0 Å². The average Bonchev–Trinajstić information content (AvgIpc) is 2.89. The Hall–Kier alpha value is -4.14. The van der Waals surface area contributed by atoms with Crippen LogP contribution in [-0.4, -0.2) is 81.5 Å². The Bertz CT molecular complexity index is 1460. The summed E-state index contributed by atoms with van der Waals surface area (Å²) in [6.45, 7) is 2.76. The van der Waals surface area contributed by atoms with Crippen molar-refractivity contribution in [2.24, 2.45) is 0 Å². The van der Waals surface area contributed by atoms with Crippen LogP contribution >= 0.6 is 0 Å². The van der Waals surface area contributed by atoms with E-state index in [1.54, 1.807) is 35.4 Å². The van der Waals surface area contributed by atoms with E-state index >= 15 is 0 Å². The summed E-state index contributed by atoms with van der Waals surface area (Å²) in [4.78, 5) is 38.5. The van der Waals surface area contributed by atoms with Gasteiger partial charge in [-0.15, -0.1) is 0 Å². The molecule has 14 heteroatoms. The number of ether oxygens (including phenoxy) is 3. The number of pyridine rings is 3. The molecule has 13 nitrogen and oxygen atoms in total. The molecule has 206 valence electrons. The molecule has 1 saturated heterocycles. The summed E-state index contributed by atoms with van der Waals surface area (Å²) >= 11 is 0.